The normalized spacial score (nSPS) is 27.0. The quantitative estimate of drug-likeness (QED) is 0.696. The molecule has 0 spiro atoms. The van der Waals surface area contributed by atoms with Crippen molar-refractivity contribution in [2.24, 2.45) is 5.92 Å². The summed E-state index contributed by atoms with van der Waals surface area (Å²) in [4.78, 5) is 0. The number of nitrogens with one attached hydrogen (secondary N) is 1. The van der Waals surface area contributed by atoms with Gasteiger partial charge in [0.1, 0.15) is 0 Å². The zero-order valence-corrected chi connectivity index (χ0v) is 8.31. The van der Waals surface area contributed by atoms with Crippen LogP contribution in [0.1, 0.15) is 32.6 Å². The molecule has 1 rings (SSSR count). The van der Waals surface area contributed by atoms with Crippen LogP contribution in [0.2, 0.25) is 0 Å². The van der Waals surface area contributed by atoms with Crippen LogP contribution in [0.4, 0.5) is 0 Å². The lowest BCUT2D eigenvalue weighted by atomic mass is 9.95. The highest BCUT2D eigenvalue weighted by Crippen LogP contribution is 2.19. The van der Waals surface area contributed by atoms with Gasteiger partial charge in [-0.1, -0.05) is 0 Å². The Kier molecular flexibility index (Phi) is 4.62. The topological polar surface area (TPSA) is 21.3 Å². The summed E-state index contributed by atoms with van der Waals surface area (Å²) in [5.74, 6) is 0.828. The van der Waals surface area contributed by atoms with Gasteiger partial charge in [-0.25, -0.2) is 0 Å². The van der Waals surface area contributed by atoms with Gasteiger partial charge in [-0.3, -0.25) is 0 Å². The fourth-order valence-corrected chi connectivity index (χ4v) is 1.67. The second kappa shape index (κ2) is 5.55. The molecular weight excluding hydrogens is 150 g/mol. The molecule has 1 fully saturated rings. The molecule has 72 valence electrons. The number of hydrogen-bond acceptors (Lipinski definition) is 2. The molecule has 1 aliphatic heterocycles. The molecule has 0 aromatic carbocycles. The molecule has 1 saturated heterocycles. The van der Waals surface area contributed by atoms with Crippen LogP contribution in [0, 0.1) is 5.92 Å². The van der Waals surface area contributed by atoms with E-state index in [4.69, 9.17) is 4.74 Å². The van der Waals surface area contributed by atoms with Crippen LogP contribution >= 0.6 is 0 Å². The lowest BCUT2D eigenvalue weighted by molar-refractivity contribution is 0.0501. The minimum absolute atomic E-state index is 0.659. The fraction of sp³-hybridized carbons (Fsp3) is 1.00. The molecule has 12 heavy (non-hydrogen) atoms. The van der Waals surface area contributed by atoms with Gasteiger partial charge in [0.15, 0.2) is 0 Å². The van der Waals surface area contributed by atoms with Gasteiger partial charge in [0, 0.05) is 19.3 Å². The Labute approximate surface area is 75.7 Å². The Bertz CT molecular complexity index is 110. The zero-order chi connectivity index (χ0) is 8.81. The van der Waals surface area contributed by atoms with Gasteiger partial charge in [0.05, 0.1) is 0 Å². The molecule has 1 heterocycles. The second-order valence-corrected chi connectivity index (χ2v) is 3.85. The molecule has 0 bridgehead atoms. The van der Waals surface area contributed by atoms with Crippen LogP contribution in [0.3, 0.4) is 0 Å². The average molecular weight is 171 g/mol. The first-order valence-corrected chi connectivity index (χ1v) is 5.08. The molecule has 2 heteroatoms. The molecule has 0 radical (unpaired) electrons. The van der Waals surface area contributed by atoms with Crippen LogP contribution in [0.5, 0.6) is 0 Å². The molecule has 0 aromatic heterocycles. The van der Waals surface area contributed by atoms with E-state index in [-0.39, 0.29) is 0 Å². The number of rotatable bonds is 4. The van der Waals surface area contributed by atoms with E-state index in [0.29, 0.717) is 6.04 Å². The molecule has 0 saturated carbocycles. The zero-order valence-electron chi connectivity index (χ0n) is 8.31. The molecule has 0 aromatic rings. The summed E-state index contributed by atoms with van der Waals surface area (Å²) in [6.07, 6.45) is 5.24. The van der Waals surface area contributed by atoms with E-state index < -0.39 is 0 Å². The fourth-order valence-electron chi connectivity index (χ4n) is 1.67. The van der Waals surface area contributed by atoms with E-state index in [1.165, 1.54) is 25.7 Å². The van der Waals surface area contributed by atoms with Gasteiger partial charge >= 0.3 is 0 Å². The minimum Gasteiger partial charge on any atom is -0.381 e. The van der Waals surface area contributed by atoms with Gasteiger partial charge < -0.3 is 10.1 Å². The summed E-state index contributed by atoms with van der Waals surface area (Å²) in [5.41, 5.74) is 0. The lowest BCUT2D eigenvalue weighted by Gasteiger charge is -2.23. The molecule has 2 unspecified atom stereocenters. The van der Waals surface area contributed by atoms with Gasteiger partial charge in [-0.05, 0) is 45.6 Å². The van der Waals surface area contributed by atoms with Crippen LogP contribution in [0.15, 0.2) is 0 Å². The maximum Gasteiger partial charge on any atom is 0.0494 e. The summed E-state index contributed by atoms with van der Waals surface area (Å²) in [6.45, 7) is 4.22. The van der Waals surface area contributed by atoms with Crippen LogP contribution in [-0.2, 0) is 4.74 Å². The van der Waals surface area contributed by atoms with Crippen LogP contribution in [-0.4, -0.2) is 26.3 Å². The highest BCUT2D eigenvalue weighted by Gasteiger charge is 2.14. The maximum absolute atomic E-state index is 5.43. The Balaban J connectivity index is 2.05. The van der Waals surface area contributed by atoms with E-state index in [1.54, 1.807) is 0 Å². The Hall–Kier alpha value is -0.0800. The monoisotopic (exact) mass is 171 g/mol. The number of ether oxygens (including phenoxy) is 1. The predicted octanol–water partition coefficient (Wildman–Crippen LogP) is 1.80. The van der Waals surface area contributed by atoms with Gasteiger partial charge in [0.25, 0.3) is 0 Å². The van der Waals surface area contributed by atoms with Crippen molar-refractivity contribution in [3.05, 3.63) is 0 Å². The molecule has 2 nitrogen and oxygen atoms in total. The van der Waals surface area contributed by atoms with E-state index in [2.05, 4.69) is 12.2 Å². The second-order valence-electron chi connectivity index (χ2n) is 3.85. The van der Waals surface area contributed by atoms with E-state index in [9.17, 15) is 0 Å². The van der Waals surface area contributed by atoms with Crippen LogP contribution < -0.4 is 5.32 Å². The van der Waals surface area contributed by atoms with Crippen molar-refractivity contribution in [1.82, 2.24) is 5.32 Å². The lowest BCUT2D eigenvalue weighted by Crippen LogP contribution is -2.24. The standard InChI is InChI=1S/C10H21NO/c1-9(11-2)5-6-10-4-3-7-12-8-10/h9-11H,3-8H2,1-2H3. The molecule has 0 amide bonds. The van der Waals surface area contributed by atoms with Crippen LogP contribution in [0.25, 0.3) is 0 Å². The minimum atomic E-state index is 0.659. The maximum atomic E-state index is 5.43. The summed E-state index contributed by atoms with van der Waals surface area (Å²) >= 11 is 0. The Morgan fingerprint density at radius 3 is 3.00 bits per heavy atom. The highest BCUT2D eigenvalue weighted by molar-refractivity contribution is 4.66. The third kappa shape index (κ3) is 3.55. The largest absolute Gasteiger partial charge is 0.381 e. The first kappa shape index (κ1) is 10.0. The smallest absolute Gasteiger partial charge is 0.0494 e. The SMILES string of the molecule is CNC(C)CCC1CCCOC1. The van der Waals surface area contributed by atoms with Crippen molar-refractivity contribution in [1.29, 1.82) is 0 Å². The average Bonchev–Trinajstić information content (AvgIpc) is 2.16. The highest BCUT2D eigenvalue weighted by atomic mass is 16.5. The summed E-state index contributed by atoms with van der Waals surface area (Å²) < 4.78 is 5.43. The van der Waals surface area contributed by atoms with Crippen molar-refractivity contribution in [3.63, 3.8) is 0 Å². The molecular formula is C10H21NO. The van der Waals surface area contributed by atoms with Gasteiger partial charge in [-0.2, -0.15) is 0 Å². The summed E-state index contributed by atoms with van der Waals surface area (Å²) in [6, 6.07) is 0.659. The van der Waals surface area contributed by atoms with Crippen molar-refractivity contribution >= 4 is 0 Å². The van der Waals surface area contributed by atoms with Gasteiger partial charge in [0.2, 0.25) is 0 Å². The third-order valence-electron chi connectivity index (χ3n) is 2.76. The van der Waals surface area contributed by atoms with Crippen molar-refractivity contribution < 1.29 is 4.74 Å². The summed E-state index contributed by atoms with van der Waals surface area (Å²) in [7, 11) is 2.03. The first-order chi connectivity index (χ1) is 5.83. The van der Waals surface area contributed by atoms with E-state index in [1.807, 2.05) is 7.05 Å². The molecule has 1 aliphatic rings. The number of hydrogen-bond donors (Lipinski definition) is 1. The van der Waals surface area contributed by atoms with Crippen molar-refractivity contribution in [2.45, 2.75) is 38.6 Å². The van der Waals surface area contributed by atoms with Gasteiger partial charge in [-0.15, -0.1) is 0 Å². The Morgan fingerprint density at radius 2 is 2.42 bits per heavy atom. The van der Waals surface area contributed by atoms with Crippen molar-refractivity contribution in [3.8, 4) is 0 Å². The van der Waals surface area contributed by atoms with Crippen molar-refractivity contribution in [2.75, 3.05) is 20.3 Å². The van der Waals surface area contributed by atoms with E-state index >= 15 is 0 Å². The van der Waals surface area contributed by atoms with E-state index in [0.717, 1.165) is 19.1 Å². The molecule has 2 atom stereocenters. The Morgan fingerprint density at radius 1 is 1.58 bits per heavy atom. The predicted molar refractivity (Wildman–Crippen MR) is 51.3 cm³/mol. The summed E-state index contributed by atoms with van der Waals surface area (Å²) in [5, 5.41) is 3.26. The first-order valence-electron chi connectivity index (χ1n) is 5.08. The molecule has 0 aliphatic carbocycles. The third-order valence-corrected chi connectivity index (χ3v) is 2.76. The molecule has 1 N–H and O–H groups in total.